The van der Waals surface area contributed by atoms with Gasteiger partial charge in [0.15, 0.2) is 16.3 Å². The lowest BCUT2D eigenvalue weighted by Crippen LogP contribution is -2.40. The molecule has 15 heteroatoms. The summed E-state index contributed by atoms with van der Waals surface area (Å²) in [6.07, 6.45) is 1.78. The molecule has 3 aliphatic rings. The molecular weight excluding hydrogens is 662 g/mol. The number of rotatable bonds is 9. The second-order valence-electron chi connectivity index (χ2n) is 11.6. The number of thiazole rings is 1. The van der Waals surface area contributed by atoms with Crippen LogP contribution in [0.25, 0.3) is 6.08 Å². The van der Waals surface area contributed by atoms with Gasteiger partial charge in [0.25, 0.3) is 5.56 Å². The number of ether oxygens (including phenoxy) is 5. The lowest BCUT2D eigenvalue weighted by atomic mass is 9.96. The van der Waals surface area contributed by atoms with Crippen molar-refractivity contribution in [2.75, 3.05) is 76.1 Å². The molecule has 0 saturated carbocycles. The third-order valence-corrected chi connectivity index (χ3v) is 9.48. The number of esters is 1. The van der Waals surface area contributed by atoms with Gasteiger partial charge < -0.3 is 33.5 Å². The molecule has 7 rings (SSSR count). The maximum Gasteiger partial charge on any atom is 0.338 e. The molecule has 4 aromatic rings. The van der Waals surface area contributed by atoms with Crippen LogP contribution in [0.1, 0.15) is 31.0 Å². The van der Waals surface area contributed by atoms with Crippen LogP contribution in [0.3, 0.4) is 0 Å². The standard InChI is InChI=1S/C35H37N7O7S/c1-4-48-31(44)28-22(2)36-35-42(29(28)24-8-6-5-7-9-24)30(43)27(50-35)21-23-10-11-25(26(20-23)45-3)49-34-38-32(40-12-16-46-17-13-40)37-33(39-34)41-14-18-47-19-15-41/h5-11,20-21,29H,4,12-19H2,1-3H3/t29-/m1/s1. The van der Waals surface area contributed by atoms with Crippen molar-refractivity contribution in [3.05, 3.63) is 90.6 Å². The predicted octanol–water partition coefficient (Wildman–Crippen LogP) is 2.46. The van der Waals surface area contributed by atoms with Crippen LogP contribution in [0.15, 0.2) is 69.6 Å². The highest BCUT2D eigenvalue weighted by atomic mass is 32.1. The Morgan fingerprint density at radius 2 is 1.60 bits per heavy atom. The summed E-state index contributed by atoms with van der Waals surface area (Å²) in [6, 6.07) is 14.3. The number of anilines is 2. The summed E-state index contributed by atoms with van der Waals surface area (Å²) in [4.78, 5) is 50.5. The van der Waals surface area contributed by atoms with Gasteiger partial charge in [-0.15, -0.1) is 0 Å². The van der Waals surface area contributed by atoms with Crippen LogP contribution in [0.2, 0.25) is 0 Å². The molecule has 2 fully saturated rings. The molecule has 0 spiro atoms. The highest BCUT2D eigenvalue weighted by molar-refractivity contribution is 7.07. The van der Waals surface area contributed by atoms with Crippen molar-refractivity contribution in [2.45, 2.75) is 19.9 Å². The van der Waals surface area contributed by atoms with Crippen molar-refractivity contribution in [3.8, 4) is 17.5 Å². The van der Waals surface area contributed by atoms with Crippen molar-refractivity contribution in [3.63, 3.8) is 0 Å². The lowest BCUT2D eigenvalue weighted by Gasteiger charge is -2.30. The zero-order valence-corrected chi connectivity index (χ0v) is 28.9. The Bertz CT molecular complexity index is 2050. The van der Waals surface area contributed by atoms with E-state index in [1.54, 1.807) is 43.7 Å². The van der Waals surface area contributed by atoms with E-state index in [0.717, 1.165) is 5.56 Å². The quantitative estimate of drug-likeness (QED) is 0.237. The number of nitrogens with zero attached hydrogens (tertiary/aromatic N) is 7. The zero-order valence-electron chi connectivity index (χ0n) is 28.0. The molecule has 2 saturated heterocycles. The van der Waals surface area contributed by atoms with Gasteiger partial charge in [0.2, 0.25) is 11.9 Å². The average Bonchev–Trinajstić information content (AvgIpc) is 3.45. The fourth-order valence-electron chi connectivity index (χ4n) is 6.04. The molecule has 2 aromatic carbocycles. The largest absolute Gasteiger partial charge is 0.493 e. The molecule has 3 aliphatic heterocycles. The molecule has 0 N–H and O–H groups in total. The van der Waals surface area contributed by atoms with Crippen LogP contribution in [0.4, 0.5) is 11.9 Å². The number of carbonyl (C=O) groups is 1. The first-order valence-electron chi connectivity index (χ1n) is 16.5. The van der Waals surface area contributed by atoms with Gasteiger partial charge in [0, 0.05) is 26.2 Å². The third kappa shape index (κ3) is 6.84. The molecule has 2 aromatic heterocycles. The van der Waals surface area contributed by atoms with Crippen LogP contribution in [-0.2, 0) is 19.0 Å². The highest BCUT2D eigenvalue weighted by Gasteiger charge is 2.33. The highest BCUT2D eigenvalue weighted by Crippen LogP contribution is 2.33. The van der Waals surface area contributed by atoms with Gasteiger partial charge in [0.05, 0.1) is 62.0 Å². The first-order valence-corrected chi connectivity index (χ1v) is 17.3. The summed E-state index contributed by atoms with van der Waals surface area (Å²) >= 11 is 1.25. The Kier molecular flexibility index (Phi) is 9.87. The molecule has 0 bridgehead atoms. The number of methoxy groups -OCH3 is 1. The van der Waals surface area contributed by atoms with Gasteiger partial charge in [-0.3, -0.25) is 9.36 Å². The van der Waals surface area contributed by atoms with Gasteiger partial charge >= 0.3 is 12.0 Å². The molecule has 0 amide bonds. The Labute approximate surface area is 291 Å². The third-order valence-electron chi connectivity index (χ3n) is 8.50. The fraction of sp³-hybridized carbons (Fsp3) is 0.371. The van der Waals surface area contributed by atoms with Crippen molar-refractivity contribution >= 4 is 35.3 Å². The minimum Gasteiger partial charge on any atom is -0.493 e. The molecule has 0 radical (unpaired) electrons. The first-order chi connectivity index (χ1) is 24.4. The van der Waals surface area contributed by atoms with E-state index in [0.29, 0.717) is 102 Å². The summed E-state index contributed by atoms with van der Waals surface area (Å²) in [7, 11) is 1.55. The number of hydrogen-bond donors (Lipinski definition) is 0. The van der Waals surface area contributed by atoms with Crippen molar-refractivity contribution in [1.82, 2.24) is 19.5 Å². The summed E-state index contributed by atoms with van der Waals surface area (Å²) in [5.41, 5.74) is 2.07. The van der Waals surface area contributed by atoms with Gasteiger partial charge in [-0.25, -0.2) is 9.79 Å². The molecule has 14 nitrogen and oxygen atoms in total. The molecule has 260 valence electrons. The number of carbonyl (C=O) groups excluding carboxylic acids is 1. The number of allylic oxidation sites excluding steroid dienone is 1. The van der Waals surface area contributed by atoms with Gasteiger partial charge in [0.1, 0.15) is 0 Å². The first kappa shape index (κ1) is 33.4. The summed E-state index contributed by atoms with van der Waals surface area (Å²) < 4.78 is 30.4. The predicted molar refractivity (Wildman–Crippen MR) is 186 cm³/mol. The van der Waals surface area contributed by atoms with Crippen LogP contribution >= 0.6 is 11.3 Å². The Morgan fingerprint density at radius 1 is 0.940 bits per heavy atom. The monoisotopic (exact) mass is 699 g/mol. The van der Waals surface area contributed by atoms with Crippen molar-refractivity contribution < 1.29 is 28.5 Å². The Hall–Kier alpha value is -5.12. The topological polar surface area (TPSA) is 143 Å². The molecular formula is C35H37N7O7S. The summed E-state index contributed by atoms with van der Waals surface area (Å²) in [5, 5.41) is 0. The lowest BCUT2D eigenvalue weighted by molar-refractivity contribution is -0.139. The maximum absolute atomic E-state index is 14.0. The van der Waals surface area contributed by atoms with Crippen molar-refractivity contribution in [1.29, 1.82) is 0 Å². The second-order valence-corrected chi connectivity index (χ2v) is 12.7. The summed E-state index contributed by atoms with van der Waals surface area (Å²) in [5.74, 6) is 1.36. The molecule has 0 aliphatic carbocycles. The molecule has 50 heavy (non-hydrogen) atoms. The Balaban J connectivity index is 1.23. The van der Waals surface area contributed by atoms with Crippen LogP contribution in [-0.4, -0.2) is 91.8 Å². The number of fused-ring (bicyclic) bond motifs is 1. The number of hydrogen-bond acceptors (Lipinski definition) is 14. The molecule has 1 atom stereocenters. The van der Waals surface area contributed by atoms with Gasteiger partial charge in [-0.2, -0.15) is 15.0 Å². The van der Waals surface area contributed by atoms with Gasteiger partial charge in [-0.05, 0) is 43.2 Å². The molecule has 5 heterocycles. The fourth-order valence-corrected chi connectivity index (χ4v) is 7.09. The normalized spacial score (nSPS) is 18.1. The zero-order chi connectivity index (χ0) is 34.6. The van der Waals surface area contributed by atoms with Crippen LogP contribution in [0.5, 0.6) is 17.5 Å². The molecule has 0 unspecified atom stereocenters. The van der Waals surface area contributed by atoms with E-state index in [1.807, 2.05) is 36.4 Å². The minimum atomic E-state index is -0.677. The SMILES string of the molecule is CCOC(=O)C1=C(C)N=c2sc(=Cc3ccc(Oc4nc(N5CCOCC5)nc(N5CCOCC5)n4)c(OC)c3)c(=O)n2[C@@H]1c1ccccc1. The number of aromatic nitrogens is 4. The average molecular weight is 700 g/mol. The van der Waals surface area contributed by atoms with Crippen molar-refractivity contribution in [2.24, 2.45) is 4.99 Å². The van der Waals surface area contributed by atoms with E-state index < -0.39 is 12.0 Å². The van der Waals surface area contributed by atoms with E-state index in [4.69, 9.17) is 28.7 Å². The Morgan fingerprint density at radius 3 is 2.22 bits per heavy atom. The second kappa shape index (κ2) is 14.8. The summed E-state index contributed by atoms with van der Waals surface area (Å²) in [6.45, 7) is 8.70. The van der Waals surface area contributed by atoms with E-state index in [-0.39, 0.29) is 18.2 Å². The number of morpholine rings is 2. The van der Waals surface area contributed by atoms with Crippen LogP contribution in [0, 0.1) is 0 Å². The minimum absolute atomic E-state index is 0.135. The maximum atomic E-state index is 14.0. The van der Waals surface area contributed by atoms with Gasteiger partial charge in [-0.1, -0.05) is 47.7 Å². The number of benzene rings is 2. The smallest absolute Gasteiger partial charge is 0.338 e. The van der Waals surface area contributed by atoms with Crippen LogP contribution < -0.4 is 34.2 Å². The van der Waals surface area contributed by atoms with E-state index in [1.165, 1.54) is 11.3 Å². The van der Waals surface area contributed by atoms with E-state index >= 15 is 0 Å². The van der Waals surface area contributed by atoms with E-state index in [2.05, 4.69) is 24.8 Å². The van der Waals surface area contributed by atoms with E-state index in [9.17, 15) is 9.59 Å².